The normalized spacial score (nSPS) is 17.4. The summed E-state index contributed by atoms with van der Waals surface area (Å²) in [6.45, 7) is 11.2. The van der Waals surface area contributed by atoms with Crippen molar-refractivity contribution in [1.82, 2.24) is 10.2 Å². The Morgan fingerprint density at radius 2 is 1.81 bits per heavy atom. The van der Waals surface area contributed by atoms with Crippen LogP contribution in [-0.2, 0) is 6.54 Å². The SMILES string of the molecule is CCN1CCC(N(C)c2ccc(CNC(C)C)cc2)CC1. The van der Waals surface area contributed by atoms with Crippen molar-refractivity contribution in [3.05, 3.63) is 29.8 Å². The van der Waals surface area contributed by atoms with E-state index in [9.17, 15) is 0 Å². The van der Waals surface area contributed by atoms with Crippen LogP contribution < -0.4 is 10.2 Å². The van der Waals surface area contributed by atoms with Crippen molar-refractivity contribution in [1.29, 1.82) is 0 Å². The van der Waals surface area contributed by atoms with Crippen molar-refractivity contribution >= 4 is 5.69 Å². The van der Waals surface area contributed by atoms with Gasteiger partial charge in [0.15, 0.2) is 0 Å². The highest BCUT2D eigenvalue weighted by Crippen LogP contribution is 2.22. The maximum atomic E-state index is 3.47. The van der Waals surface area contributed by atoms with E-state index in [0.29, 0.717) is 12.1 Å². The smallest absolute Gasteiger partial charge is 0.0366 e. The van der Waals surface area contributed by atoms with Crippen molar-refractivity contribution in [3.63, 3.8) is 0 Å². The average Bonchev–Trinajstić information content (AvgIpc) is 2.53. The van der Waals surface area contributed by atoms with Crippen LogP contribution in [0, 0.1) is 0 Å². The lowest BCUT2D eigenvalue weighted by molar-refractivity contribution is 0.221. The molecule has 0 aliphatic carbocycles. The van der Waals surface area contributed by atoms with Crippen LogP contribution in [0.1, 0.15) is 39.2 Å². The van der Waals surface area contributed by atoms with Crippen LogP contribution in [0.15, 0.2) is 24.3 Å². The highest BCUT2D eigenvalue weighted by molar-refractivity contribution is 5.48. The summed E-state index contributed by atoms with van der Waals surface area (Å²) in [5.41, 5.74) is 2.71. The van der Waals surface area contributed by atoms with Gasteiger partial charge >= 0.3 is 0 Å². The minimum absolute atomic E-state index is 0.538. The summed E-state index contributed by atoms with van der Waals surface area (Å²) in [6, 6.07) is 10.3. The molecule has 3 nitrogen and oxygen atoms in total. The van der Waals surface area contributed by atoms with Crippen LogP contribution in [0.2, 0.25) is 0 Å². The first-order valence-electron chi connectivity index (χ1n) is 8.37. The van der Waals surface area contributed by atoms with Gasteiger partial charge in [-0.05, 0) is 37.1 Å². The van der Waals surface area contributed by atoms with Crippen LogP contribution in [0.3, 0.4) is 0 Å². The van der Waals surface area contributed by atoms with E-state index in [4.69, 9.17) is 0 Å². The predicted octanol–water partition coefficient (Wildman–Crippen LogP) is 3.11. The zero-order valence-corrected chi connectivity index (χ0v) is 14.1. The van der Waals surface area contributed by atoms with Crippen molar-refractivity contribution in [2.24, 2.45) is 0 Å². The molecular formula is C18H31N3. The van der Waals surface area contributed by atoms with E-state index in [1.54, 1.807) is 0 Å². The standard InChI is InChI=1S/C18H31N3/c1-5-21-12-10-18(11-13-21)20(4)17-8-6-16(7-9-17)14-19-15(2)3/h6-9,15,18-19H,5,10-14H2,1-4H3. The number of likely N-dealkylation sites (tertiary alicyclic amines) is 1. The molecule has 0 unspecified atom stereocenters. The molecular weight excluding hydrogens is 258 g/mol. The number of piperidine rings is 1. The van der Waals surface area contributed by atoms with Crippen molar-refractivity contribution in [2.75, 3.05) is 31.6 Å². The summed E-state index contributed by atoms with van der Waals surface area (Å²) in [6.07, 6.45) is 2.56. The van der Waals surface area contributed by atoms with Gasteiger partial charge in [-0.2, -0.15) is 0 Å². The van der Waals surface area contributed by atoms with Gasteiger partial charge in [0, 0.05) is 44.5 Å². The van der Waals surface area contributed by atoms with E-state index in [1.807, 2.05) is 0 Å². The molecule has 0 aromatic heterocycles. The fourth-order valence-electron chi connectivity index (χ4n) is 3.00. The minimum atomic E-state index is 0.538. The second kappa shape index (κ2) is 7.81. The summed E-state index contributed by atoms with van der Waals surface area (Å²) in [5, 5.41) is 3.47. The maximum Gasteiger partial charge on any atom is 0.0366 e. The van der Waals surface area contributed by atoms with Gasteiger partial charge in [-0.1, -0.05) is 32.9 Å². The molecule has 1 N–H and O–H groups in total. The van der Waals surface area contributed by atoms with Gasteiger partial charge < -0.3 is 15.1 Å². The van der Waals surface area contributed by atoms with Crippen LogP contribution in [0.25, 0.3) is 0 Å². The monoisotopic (exact) mass is 289 g/mol. The second-order valence-corrected chi connectivity index (χ2v) is 6.48. The fraction of sp³-hybridized carbons (Fsp3) is 0.667. The molecule has 1 aromatic rings. The van der Waals surface area contributed by atoms with E-state index < -0.39 is 0 Å². The van der Waals surface area contributed by atoms with Crippen LogP contribution in [0.4, 0.5) is 5.69 Å². The molecule has 3 heteroatoms. The van der Waals surface area contributed by atoms with Gasteiger partial charge in [-0.15, -0.1) is 0 Å². The van der Waals surface area contributed by atoms with Crippen LogP contribution in [0.5, 0.6) is 0 Å². The highest BCUT2D eigenvalue weighted by atomic mass is 15.2. The summed E-state index contributed by atoms with van der Waals surface area (Å²) >= 11 is 0. The Kier molecular flexibility index (Phi) is 6.07. The fourth-order valence-corrected chi connectivity index (χ4v) is 3.00. The Bertz CT molecular complexity index is 405. The Hall–Kier alpha value is -1.06. The topological polar surface area (TPSA) is 18.5 Å². The third-order valence-electron chi connectivity index (χ3n) is 4.61. The molecule has 0 saturated carbocycles. The molecule has 1 saturated heterocycles. The largest absolute Gasteiger partial charge is 0.372 e. The van der Waals surface area contributed by atoms with Crippen molar-refractivity contribution in [2.45, 2.75) is 52.2 Å². The Labute approximate surface area is 130 Å². The minimum Gasteiger partial charge on any atom is -0.372 e. The molecule has 1 aliphatic rings. The second-order valence-electron chi connectivity index (χ2n) is 6.48. The van der Waals surface area contributed by atoms with Gasteiger partial charge in [0.25, 0.3) is 0 Å². The molecule has 0 radical (unpaired) electrons. The van der Waals surface area contributed by atoms with Crippen LogP contribution >= 0.6 is 0 Å². The number of nitrogens with one attached hydrogen (secondary N) is 1. The number of nitrogens with zero attached hydrogens (tertiary/aromatic N) is 2. The van der Waals surface area contributed by atoms with E-state index in [0.717, 1.165) is 6.54 Å². The van der Waals surface area contributed by atoms with Gasteiger partial charge in [-0.25, -0.2) is 0 Å². The van der Waals surface area contributed by atoms with Gasteiger partial charge in [0.1, 0.15) is 0 Å². The summed E-state index contributed by atoms with van der Waals surface area (Å²) in [5.74, 6) is 0. The number of anilines is 1. The van der Waals surface area contributed by atoms with Gasteiger partial charge in [0.05, 0.1) is 0 Å². The lowest BCUT2D eigenvalue weighted by atomic mass is 10.0. The molecule has 118 valence electrons. The molecule has 2 rings (SSSR count). The molecule has 1 aliphatic heterocycles. The first-order chi connectivity index (χ1) is 10.1. The van der Waals surface area contributed by atoms with E-state index in [1.165, 1.54) is 43.7 Å². The van der Waals surface area contributed by atoms with Crippen molar-refractivity contribution in [3.8, 4) is 0 Å². The number of hydrogen-bond donors (Lipinski definition) is 1. The predicted molar refractivity (Wildman–Crippen MR) is 92.0 cm³/mol. The summed E-state index contributed by atoms with van der Waals surface area (Å²) in [4.78, 5) is 5.01. The van der Waals surface area contributed by atoms with E-state index in [2.05, 4.69) is 67.2 Å². The van der Waals surface area contributed by atoms with Gasteiger partial charge in [0.2, 0.25) is 0 Å². The van der Waals surface area contributed by atoms with Gasteiger partial charge in [-0.3, -0.25) is 0 Å². The Balaban J connectivity index is 1.89. The Morgan fingerprint density at radius 1 is 1.19 bits per heavy atom. The molecule has 0 atom stereocenters. The quantitative estimate of drug-likeness (QED) is 0.868. The first kappa shape index (κ1) is 16.3. The summed E-state index contributed by atoms with van der Waals surface area (Å²) in [7, 11) is 2.24. The molecule has 0 spiro atoms. The zero-order chi connectivity index (χ0) is 15.2. The average molecular weight is 289 g/mol. The lowest BCUT2D eigenvalue weighted by Gasteiger charge is -2.37. The van der Waals surface area contributed by atoms with E-state index in [-0.39, 0.29) is 0 Å². The van der Waals surface area contributed by atoms with Crippen molar-refractivity contribution < 1.29 is 0 Å². The third kappa shape index (κ3) is 4.72. The lowest BCUT2D eigenvalue weighted by Crippen LogP contribution is -2.43. The number of hydrogen-bond acceptors (Lipinski definition) is 3. The third-order valence-corrected chi connectivity index (χ3v) is 4.61. The Morgan fingerprint density at radius 3 is 2.33 bits per heavy atom. The maximum absolute atomic E-state index is 3.47. The van der Waals surface area contributed by atoms with E-state index >= 15 is 0 Å². The molecule has 21 heavy (non-hydrogen) atoms. The zero-order valence-electron chi connectivity index (χ0n) is 14.1. The number of rotatable bonds is 6. The highest BCUT2D eigenvalue weighted by Gasteiger charge is 2.21. The molecule has 0 amide bonds. The molecule has 1 fully saturated rings. The summed E-state index contributed by atoms with van der Waals surface area (Å²) < 4.78 is 0. The molecule has 1 heterocycles. The van der Waals surface area contributed by atoms with Crippen LogP contribution in [-0.4, -0.2) is 43.7 Å². The first-order valence-corrected chi connectivity index (χ1v) is 8.37. The number of benzene rings is 1. The molecule has 1 aromatic carbocycles. The molecule has 0 bridgehead atoms.